The standard InChI is InChI=1S/C17H25N7O3.CH2O2/c1-12-2-4-20-24(12)7-3-16(26)21-14-10-13(11-15(14)25)17(27)18-5-8-23-9-6-19-22-23;2-1-3/h2,4,6,9,13-15,25H,3,5,7-8,10-11H2,1H3,(H,18,27)(H,21,26);1H,(H,2,3)/t13-,14-,15-;/m0./s1. The van der Waals surface area contributed by atoms with Crippen molar-refractivity contribution in [3.63, 3.8) is 0 Å². The van der Waals surface area contributed by atoms with E-state index in [2.05, 4.69) is 26.0 Å². The van der Waals surface area contributed by atoms with Crippen molar-refractivity contribution in [3.05, 3.63) is 30.4 Å². The van der Waals surface area contributed by atoms with Crippen LogP contribution in [0.4, 0.5) is 0 Å². The van der Waals surface area contributed by atoms with Crippen LogP contribution in [0.2, 0.25) is 0 Å². The van der Waals surface area contributed by atoms with Crippen molar-refractivity contribution in [1.29, 1.82) is 0 Å². The molecule has 0 radical (unpaired) electrons. The van der Waals surface area contributed by atoms with Gasteiger partial charge in [-0.3, -0.25) is 23.7 Å². The molecule has 0 unspecified atom stereocenters. The molecule has 12 nitrogen and oxygen atoms in total. The van der Waals surface area contributed by atoms with E-state index in [0.717, 1.165) is 5.69 Å². The summed E-state index contributed by atoms with van der Waals surface area (Å²) in [4.78, 5) is 32.8. The monoisotopic (exact) mass is 421 g/mol. The minimum Gasteiger partial charge on any atom is -0.483 e. The molecule has 2 amide bonds. The fourth-order valence-corrected chi connectivity index (χ4v) is 3.29. The lowest BCUT2D eigenvalue weighted by Gasteiger charge is -2.16. The van der Waals surface area contributed by atoms with Gasteiger partial charge < -0.3 is 20.8 Å². The predicted molar refractivity (Wildman–Crippen MR) is 104 cm³/mol. The molecule has 1 aliphatic carbocycles. The summed E-state index contributed by atoms with van der Waals surface area (Å²) < 4.78 is 3.39. The first-order valence-electron chi connectivity index (χ1n) is 9.60. The van der Waals surface area contributed by atoms with Crippen LogP contribution in [-0.4, -0.2) is 72.0 Å². The molecule has 4 N–H and O–H groups in total. The summed E-state index contributed by atoms with van der Waals surface area (Å²) in [6.07, 6.45) is 5.34. The minimum absolute atomic E-state index is 0.113. The fourth-order valence-electron chi connectivity index (χ4n) is 3.29. The number of carbonyl (C=O) groups excluding carboxylic acids is 2. The first kappa shape index (κ1) is 23.0. The van der Waals surface area contributed by atoms with E-state index in [1.165, 1.54) is 0 Å². The average molecular weight is 421 g/mol. The average Bonchev–Trinajstić information content (AvgIpc) is 3.44. The molecular formula is C18H27N7O5. The Kier molecular flexibility index (Phi) is 8.94. The number of nitrogens with zero attached hydrogens (tertiary/aromatic N) is 5. The number of aromatic nitrogens is 5. The molecular weight excluding hydrogens is 394 g/mol. The third-order valence-corrected chi connectivity index (χ3v) is 4.84. The van der Waals surface area contributed by atoms with Gasteiger partial charge in [0, 0.05) is 43.5 Å². The number of nitrogens with one attached hydrogen (secondary N) is 2. The highest BCUT2D eigenvalue weighted by Gasteiger charge is 2.37. The first-order chi connectivity index (χ1) is 14.4. The van der Waals surface area contributed by atoms with E-state index >= 15 is 0 Å². The van der Waals surface area contributed by atoms with Gasteiger partial charge >= 0.3 is 0 Å². The highest BCUT2D eigenvalue weighted by Crippen LogP contribution is 2.26. The minimum atomic E-state index is -0.716. The van der Waals surface area contributed by atoms with Crippen LogP contribution in [0.3, 0.4) is 0 Å². The quantitative estimate of drug-likeness (QED) is 0.392. The Balaban J connectivity index is 0.00000101. The molecule has 0 spiro atoms. The van der Waals surface area contributed by atoms with Crippen molar-refractivity contribution < 1.29 is 24.6 Å². The van der Waals surface area contributed by atoms with Crippen LogP contribution in [-0.2, 0) is 27.5 Å². The van der Waals surface area contributed by atoms with Gasteiger partial charge in [0.15, 0.2) is 0 Å². The smallest absolute Gasteiger partial charge is 0.290 e. The van der Waals surface area contributed by atoms with Gasteiger partial charge in [0.05, 0.1) is 24.9 Å². The lowest BCUT2D eigenvalue weighted by Crippen LogP contribution is -2.40. The molecule has 3 rings (SSSR count). The number of hydrogen-bond acceptors (Lipinski definition) is 7. The third-order valence-electron chi connectivity index (χ3n) is 4.84. The Morgan fingerprint density at radius 1 is 1.30 bits per heavy atom. The molecule has 1 aliphatic rings. The number of rotatable bonds is 8. The zero-order valence-corrected chi connectivity index (χ0v) is 16.7. The normalized spacial score (nSPS) is 20.1. The SMILES string of the molecule is Cc1ccnn1CCC(=O)N[C@H]1C[C@H](C(=O)NCCn2ccnn2)C[C@@H]1O.O=CO. The molecule has 1 saturated carbocycles. The van der Waals surface area contributed by atoms with Crippen molar-refractivity contribution >= 4 is 18.3 Å². The second-order valence-electron chi connectivity index (χ2n) is 6.92. The number of aliphatic hydroxyl groups is 1. The largest absolute Gasteiger partial charge is 0.483 e. The summed E-state index contributed by atoms with van der Waals surface area (Å²) in [6, 6.07) is 1.48. The number of aryl methyl sites for hydroxylation is 2. The van der Waals surface area contributed by atoms with E-state index in [0.29, 0.717) is 32.5 Å². The van der Waals surface area contributed by atoms with Gasteiger partial charge in [-0.1, -0.05) is 5.21 Å². The summed E-state index contributed by atoms with van der Waals surface area (Å²) in [7, 11) is 0. The predicted octanol–water partition coefficient (Wildman–Crippen LogP) is -1.05. The lowest BCUT2D eigenvalue weighted by atomic mass is 10.1. The Labute approximate surface area is 173 Å². The summed E-state index contributed by atoms with van der Waals surface area (Å²) in [5, 5.41) is 34.4. The maximum Gasteiger partial charge on any atom is 0.290 e. The maximum atomic E-state index is 12.3. The Hall–Kier alpha value is -3.28. The van der Waals surface area contributed by atoms with Gasteiger partial charge in [-0.2, -0.15) is 5.10 Å². The van der Waals surface area contributed by atoms with Gasteiger partial charge in [0.2, 0.25) is 11.8 Å². The Morgan fingerprint density at radius 2 is 2.07 bits per heavy atom. The molecule has 0 saturated heterocycles. The van der Waals surface area contributed by atoms with Crippen molar-refractivity contribution in [2.75, 3.05) is 6.54 Å². The molecule has 0 bridgehead atoms. The van der Waals surface area contributed by atoms with Crippen LogP contribution < -0.4 is 10.6 Å². The zero-order chi connectivity index (χ0) is 21.9. The molecule has 30 heavy (non-hydrogen) atoms. The van der Waals surface area contributed by atoms with E-state index in [9.17, 15) is 14.7 Å². The van der Waals surface area contributed by atoms with Crippen LogP contribution in [0.15, 0.2) is 24.7 Å². The molecule has 3 atom stereocenters. The highest BCUT2D eigenvalue weighted by atomic mass is 16.3. The topological polar surface area (TPSA) is 164 Å². The number of aliphatic hydroxyl groups excluding tert-OH is 1. The van der Waals surface area contributed by atoms with E-state index in [4.69, 9.17) is 9.90 Å². The van der Waals surface area contributed by atoms with Gasteiger partial charge in [-0.25, -0.2) is 0 Å². The van der Waals surface area contributed by atoms with Gasteiger partial charge in [0.1, 0.15) is 0 Å². The molecule has 2 aromatic rings. The molecule has 0 aliphatic heterocycles. The summed E-state index contributed by atoms with van der Waals surface area (Å²) >= 11 is 0. The summed E-state index contributed by atoms with van der Waals surface area (Å²) in [5.41, 5.74) is 0.992. The molecule has 12 heteroatoms. The molecule has 2 heterocycles. The van der Waals surface area contributed by atoms with E-state index in [1.54, 1.807) is 28.0 Å². The van der Waals surface area contributed by atoms with Crippen LogP contribution >= 0.6 is 0 Å². The molecule has 2 aromatic heterocycles. The third kappa shape index (κ3) is 6.95. The fraction of sp³-hybridized carbons (Fsp3) is 0.556. The Morgan fingerprint density at radius 3 is 2.70 bits per heavy atom. The second-order valence-corrected chi connectivity index (χ2v) is 6.92. The number of carbonyl (C=O) groups is 3. The van der Waals surface area contributed by atoms with E-state index < -0.39 is 12.1 Å². The van der Waals surface area contributed by atoms with Crippen LogP contribution in [0.1, 0.15) is 25.0 Å². The van der Waals surface area contributed by atoms with Gasteiger partial charge in [-0.05, 0) is 25.8 Å². The van der Waals surface area contributed by atoms with Crippen LogP contribution in [0.25, 0.3) is 0 Å². The van der Waals surface area contributed by atoms with E-state index in [-0.39, 0.29) is 30.6 Å². The van der Waals surface area contributed by atoms with Crippen molar-refractivity contribution in [3.8, 4) is 0 Å². The van der Waals surface area contributed by atoms with Gasteiger partial charge in [-0.15, -0.1) is 5.10 Å². The zero-order valence-electron chi connectivity index (χ0n) is 16.7. The van der Waals surface area contributed by atoms with Gasteiger partial charge in [0.25, 0.3) is 6.47 Å². The summed E-state index contributed by atoms with van der Waals surface area (Å²) in [6.45, 7) is 3.14. The molecule has 1 fully saturated rings. The van der Waals surface area contributed by atoms with Crippen molar-refractivity contribution in [1.82, 2.24) is 35.4 Å². The molecule has 0 aromatic carbocycles. The van der Waals surface area contributed by atoms with Crippen LogP contribution in [0, 0.1) is 12.8 Å². The Bertz CT molecular complexity index is 808. The van der Waals surface area contributed by atoms with E-state index in [1.807, 2.05) is 13.0 Å². The second kappa shape index (κ2) is 11.7. The van der Waals surface area contributed by atoms with Crippen molar-refractivity contribution in [2.45, 2.75) is 51.4 Å². The first-order valence-corrected chi connectivity index (χ1v) is 9.60. The molecule has 164 valence electrons. The highest BCUT2D eigenvalue weighted by molar-refractivity contribution is 5.80. The van der Waals surface area contributed by atoms with Crippen molar-refractivity contribution in [2.24, 2.45) is 5.92 Å². The number of carboxylic acid groups (broad SMARTS) is 1. The van der Waals surface area contributed by atoms with Crippen LogP contribution in [0.5, 0.6) is 0 Å². The number of amides is 2. The maximum absolute atomic E-state index is 12.3. The lowest BCUT2D eigenvalue weighted by molar-refractivity contribution is -0.125. The number of hydrogen-bond donors (Lipinski definition) is 4. The summed E-state index contributed by atoms with van der Waals surface area (Å²) in [5.74, 6) is -0.575.